The number of nitrogens with two attached hydrogens (primary N) is 1. The molecular formula is C14H13N3O3. The first-order valence-electron chi connectivity index (χ1n) is 5.90. The summed E-state index contributed by atoms with van der Waals surface area (Å²) in [5.74, 6) is -0.351. The van der Waals surface area contributed by atoms with E-state index in [0.717, 1.165) is 0 Å². The summed E-state index contributed by atoms with van der Waals surface area (Å²) in [6.45, 7) is 1.62. The second-order valence-electron chi connectivity index (χ2n) is 4.30. The molecule has 2 aromatic carbocycles. The van der Waals surface area contributed by atoms with E-state index in [2.05, 4.69) is 5.32 Å². The molecule has 0 aliphatic heterocycles. The molecule has 0 radical (unpaired) electrons. The van der Waals surface area contributed by atoms with Crippen LogP contribution in [0.1, 0.15) is 15.9 Å². The molecule has 0 saturated heterocycles. The monoisotopic (exact) mass is 271 g/mol. The van der Waals surface area contributed by atoms with Crippen LogP contribution in [0.15, 0.2) is 42.5 Å². The quantitative estimate of drug-likeness (QED) is 0.509. The molecule has 0 atom stereocenters. The second-order valence-corrected chi connectivity index (χ2v) is 4.30. The average molecular weight is 271 g/mol. The predicted octanol–water partition coefficient (Wildman–Crippen LogP) is 2.74. The number of hydrogen-bond acceptors (Lipinski definition) is 4. The Balaban J connectivity index is 2.23. The van der Waals surface area contributed by atoms with Gasteiger partial charge < -0.3 is 11.1 Å². The molecular weight excluding hydrogens is 258 g/mol. The van der Waals surface area contributed by atoms with E-state index >= 15 is 0 Å². The molecule has 0 spiro atoms. The fourth-order valence-corrected chi connectivity index (χ4v) is 1.84. The zero-order chi connectivity index (χ0) is 14.7. The molecule has 0 fully saturated rings. The normalized spacial score (nSPS) is 10.1. The predicted molar refractivity (Wildman–Crippen MR) is 76.6 cm³/mol. The minimum atomic E-state index is -0.462. The lowest BCUT2D eigenvalue weighted by Gasteiger charge is -2.08. The number of anilines is 2. The van der Waals surface area contributed by atoms with Gasteiger partial charge in [-0.1, -0.05) is 12.1 Å². The maximum Gasteiger partial charge on any atom is 0.272 e. The maximum absolute atomic E-state index is 12.0. The van der Waals surface area contributed by atoms with Crippen LogP contribution in [-0.4, -0.2) is 10.8 Å². The van der Waals surface area contributed by atoms with Gasteiger partial charge in [0.1, 0.15) is 0 Å². The van der Waals surface area contributed by atoms with Gasteiger partial charge in [0.25, 0.3) is 11.6 Å². The first-order chi connectivity index (χ1) is 9.49. The number of rotatable bonds is 3. The summed E-state index contributed by atoms with van der Waals surface area (Å²) in [7, 11) is 0. The maximum atomic E-state index is 12.0. The van der Waals surface area contributed by atoms with Gasteiger partial charge in [0.05, 0.1) is 10.5 Å². The van der Waals surface area contributed by atoms with Gasteiger partial charge in [0.15, 0.2) is 0 Å². The fraction of sp³-hybridized carbons (Fsp3) is 0.0714. The van der Waals surface area contributed by atoms with E-state index in [4.69, 9.17) is 5.73 Å². The van der Waals surface area contributed by atoms with Crippen molar-refractivity contribution in [2.45, 2.75) is 6.92 Å². The van der Waals surface area contributed by atoms with Crippen molar-refractivity contribution in [1.29, 1.82) is 0 Å². The van der Waals surface area contributed by atoms with Crippen molar-refractivity contribution in [3.05, 3.63) is 63.7 Å². The van der Waals surface area contributed by atoms with E-state index in [9.17, 15) is 14.9 Å². The van der Waals surface area contributed by atoms with E-state index < -0.39 is 4.92 Å². The van der Waals surface area contributed by atoms with Crippen LogP contribution in [0.2, 0.25) is 0 Å². The summed E-state index contributed by atoms with van der Waals surface area (Å²) >= 11 is 0. The molecule has 1 amide bonds. The molecule has 0 bridgehead atoms. The first kappa shape index (κ1) is 13.5. The number of carbonyl (C=O) groups excluding carboxylic acids is 1. The van der Waals surface area contributed by atoms with Crippen LogP contribution >= 0.6 is 0 Å². The Morgan fingerprint density at radius 1 is 1.25 bits per heavy atom. The number of amides is 1. The van der Waals surface area contributed by atoms with Gasteiger partial charge in [0, 0.05) is 23.0 Å². The highest BCUT2D eigenvalue weighted by Gasteiger charge is 2.13. The number of hydrogen-bond donors (Lipinski definition) is 2. The molecule has 2 rings (SSSR count). The molecule has 0 heterocycles. The van der Waals surface area contributed by atoms with Gasteiger partial charge in [0.2, 0.25) is 0 Å². The number of aryl methyl sites for hydroxylation is 1. The van der Waals surface area contributed by atoms with Gasteiger partial charge in [-0.25, -0.2) is 0 Å². The van der Waals surface area contributed by atoms with Gasteiger partial charge in [-0.3, -0.25) is 14.9 Å². The molecule has 0 saturated carbocycles. The van der Waals surface area contributed by atoms with E-state index in [1.165, 1.54) is 12.1 Å². The molecule has 6 nitrogen and oxygen atoms in total. The second kappa shape index (κ2) is 5.40. The molecule has 0 aliphatic rings. The summed E-state index contributed by atoms with van der Waals surface area (Å²) in [6, 6.07) is 11.1. The SMILES string of the molecule is Cc1cc(NC(=O)c2ccccc2N)ccc1[N+](=O)[O-]. The summed E-state index contributed by atoms with van der Waals surface area (Å²) in [4.78, 5) is 22.3. The van der Waals surface area contributed by atoms with Gasteiger partial charge >= 0.3 is 0 Å². The summed E-state index contributed by atoms with van der Waals surface area (Å²) in [5.41, 5.74) is 7.45. The Morgan fingerprint density at radius 3 is 2.55 bits per heavy atom. The summed E-state index contributed by atoms with van der Waals surface area (Å²) in [5, 5.41) is 13.4. The average Bonchev–Trinajstić information content (AvgIpc) is 2.38. The zero-order valence-electron chi connectivity index (χ0n) is 10.8. The van der Waals surface area contributed by atoms with E-state index in [1.54, 1.807) is 37.3 Å². The molecule has 20 heavy (non-hydrogen) atoms. The van der Waals surface area contributed by atoms with E-state index in [0.29, 0.717) is 22.5 Å². The van der Waals surface area contributed by atoms with E-state index in [1.807, 2.05) is 0 Å². The highest BCUT2D eigenvalue weighted by molar-refractivity contribution is 6.07. The highest BCUT2D eigenvalue weighted by Crippen LogP contribution is 2.22. The van der Waals surface area contributed by atoms with Crippen molar-refractivity contribution in [3.8, 4) is 0 Å². The lowest BCUT2D eigenvalue weighted by Crippen LogP contribution is -2.14. The third-order valence-corrected chi connectivity index (χ3v) is 2.86. The molecule has 6 heteroatoms. The van der Waals surface area contributed by atoms with Crippen molar-refractivity contribution in [1.82, 2.24) is 0 Å². The Labute approximate surface area is 115 Å². The Hall–Kier alpha value is -2.89. The van der Waals surface area contributed by atoms with Crippen molar-refractivity contribution >= 4 is 23.0 Å². The molecule has 2 aromatic rings. The van der Waals surface area contributed by atoms with Crippen molar-refractivity contribution < 1.29 is 9.72 Å². The number of carbonyl (C=O) groups is 1. The van der Waals surface area contributed by atoms with Crippen LogP contribution in [0.25, 0.3) is 0 Å². The number of para-hydroxylation sites is 1. The number of nitrogens with zero attached hydrogens (tertiary/aromatic N) is 1. The number of nitrogens with one attached hydrogen (secondary N) is 1. The van der Waals surface area contributed by atoms with Crippen molar-refractivity contribution in [2.75, 3.05) is 11.1 Å². The number of benzene rings is 2. The summed E-state index contributed by atoms with van der Waals surface area (Å²) in [6.07, 6.45) is 0. The van der Waals surface area contributed by atoms with Crippen LogP contribution in [-0.2, 0) is 0 Å². The topological polar surface area (TPSA) is 98.3 Å². The molecule has 3 N–H and O–H groups in total. The molecule has 102 valence electrons. The van der Waals surface area contributed by atoms with Crippen LogP contribution in [0.4, 0.5) is 17.1 Å². The third kappa shape index (κ3) is 2.74. The van der Waals surface area contributed by atoms with Crippen LogP contribution in [0.5, 0.6) is 0 Å². The number of nitro benzene ring substituents is 1. The van der Waals surface area contributed by atoms with Crippen LogP contribution in [0.3, 0.4) is 0 Å². The Morgan fingerprint density at radius 2 is 1.95 bits per heavy atom. The minimum absolute atomic E-state index is 0.0159. The summed E-state index contributed by atoms with van der Waals surface area (Å²) < 4.78 is 0. The fourth-order valence-electron chi connectivity index (χ4n) is 1.84. The van der Waals surface area contributed by atoms with Crippen molar-refractivity contribution in [3.63, 3.8) is 0 Å². The van der Waals surface area contributed by atoms with Crippen molar-refractivity contribution in [2.24, 2.45) is 0 Å². The lowest BCUT2D eigenvalue weighted by atomic mass is 10.1. The first-order valence-corrected chi connectivity index (χ1v) is 5.90. The number of nitrogen functional groups attached to an aromatic ring is 1. The van der Waals surface area contributed by atoms with Crippen LogP contribution < -0.4 is 11.1 Å². The van der Waals surface area contributed by atoms with Crippen LogP contribution in [0, 0.1) is 17.0 Å². The Bertz CT molecular complexity index is 683. The van der Waals surface area contributed by atoms with E-state index in [-0.39, 0.29) is 11.6 Å². The Kier molecular flexibility index (Phi) is 3.65. The molecule has 0 aliphatic carbocycles. The van der Waals surface area contributed by atoms with Gasteiger partial charge in [-0.2, -0.15) is 0 Å². The lowest BCUT2D eigenvalue weighted by molar-refractivity contribution is -0.385. The number of nitro groups is 1. The standard InChI is InChI=1S/C14H13N3O3/c1-9-8-10(6-7-13(9)17(19)20)16-14(18)11-4-2-3-5-12(11)15/h2-8H,15H2,1H3,(H,16,18). The highest BCUT2D eigenvalue weighted by atomic mass is 16.6. The minimum Gasteiger partial charge on any atom is -0.398 e. The molecule has 0 unspecified atom stereocenters. The smallest absolute Gasteiger partial charge is 0.272 e. The molecule has 0 aromatic heterocycles. The third-order valence-electron chi connectivity index (χ3n) is 2.86. The van der Waals surface area contributed by atoms with Gasteiger partial charge in [-0.05, 0) is 31.2 Å². The van der Waals surface area contributed by atoms with Gasteiger partial charge in [-0.15, -0.1) is 0 Å². The zero-order valence-corrected chi connectivity index (χ0v) is 10.8. The largest absolute Gasteiger partial charge is 0.398 e.